The fraction of sp³-hybridized carbons (Fsp3) is 0.625. The molecule has 0 spiro atoms. The summed E-state index contributed by atoms with van der Waals surface area (Å²) in [5.74, 6) is 0. The zero-order valence-electron chi connectivity index (χ0n) is 7.07. The molecule has 0 saturated carbocycles. The Kier molecular flexibility index (Phi) is 2.65. The molecule has 1 unspecified atom stereocenters. The minimum absolute atomic E-state index is 0.360. The number of aliphatic hydroxyl groups is 1. The van der Waals surface area contributed by atoms with E-state index in [1.165, 1.54) is 0 Å². The van der Waals surface area contributed by atoms with Crippen LogP contribution in [0.5, 0.6) is 0 Å². The molecule has 1 atom stereocenters. The number of aliphatic hydroxyl groups excluding tert-OH is 1. The van der Waals surface area contributed by atoms with Gasteiger partial charge in [0.05, 0.1) is 7.05 Å². The number of hydrogen-bond donors (Lipinski definition) is 1. The Balaban J connectivity index is 2.60. The lowest BCUT2D eigenvalue weighted by Crippen LogP contribution is -2.24. The Hall–Kier alpha value is -0.830. The lowest BCUT2D eigenvalue weighted by Gasteiger charge is -2.02. The van der Waals surface area contributed by atoms with Gasteiger partial charge in [-0.15, -0.1) is 0 Å². The van der Waals surface area contributed by atoms with Crippen molar-refractivity contribution in [3.8, 4) is 0 Å². The summed E-state index contributed by atoms with van der Waals surface area (Å²) < 4.78 is 3.72. The molecule has 0 fully saturated rings. The lowest BCUT2D eigenvalue weighted by molar-refractivity contribution is -0.671. The first kappa shape index (κ1) is 8.27. The van der Waals surface area contributed by atoms with E-state index in [0.717, 1.165) is 12.8 Å². The summed E-state index contributed by atoms with van der Waals surface area (Å²) in [6.45, 7) is 2.06. The normalized spacial score (nSPS) is 13.4. The Morgan fingerprint density at radius 1 is 1.64 bits per heavy atom. The van der Waals surface area contributed by atoms with Crippen molar-refractivity contribution >= 4 is 0 Å². The molecule has 1 aromatic rings. The predicted molar refractivity (Wildman–Crippen MR) is 41.8 cm³/mol. The number of rotatable bonds is 3. The fourth-order valence-corrected chi connectivity index (χ4v) is 1.05. The van der Waals surface area contributed by atoms with E-state index in [2.05, 4.69) is 6.92 Å². The summed E-state index contributed by atoms with van der Waals surface area (Å²) in [5.41, 5.74) is 0. The van der Waals surface area contributed by atoms with Crippen LogP contribution in [0.3, 0.4) is 0 Å². The van der Waals surface area contributed by atoms with Gasteiger partial charge in [0, 0.05) is 6.42 Å². The third-order valence-corrected chi connectivity index (χ3v) is 1.68. The quantitative estimate of drug-likeness (QED) is 0.636. The molecule has 0 saturated heterocycles. The second-order valence-electron chi connectivity index (χ2n) is 2.80. The Labute approximate surface area is 66.9 Å². The average Bonchev–Trinajstić information content (AvgIpc) is 2.36. The maximum atomic E-state index is 9.48. The van der Waals surface area contributed by atoms with E-state index in [4.69, 9.17) is 0 Å². The van der Waals surface area contributed by atoms with Gasteiger partial charge < -0.3 is 5.11 Å². The minimum Gasteiger partial charge on any atom is -0.355 e. The van der Waals surface area contributed by atoms with Gasteiger partial charge in [0.25, 0.3) is 0 Å². The van der Waals surface area contributed by atoms with Crippen LogP contribution in [0.4, 0.5) is 0 Å². The zero-order chi connectivity index (χ0) is 8.27. The molecular weight excluding hydrogens is 140 g/mol. The van der Waals surface area contributed by atoms with E-state index in [0.29, 0.717) is 0 Å². The highest BCUT2D eigenvalue weighted by Gasteiger charge is 2.09. The lowest BCUT2D eigenvalue weighted by atomic mass is 10.3. The fourth-order valence-electron chi connectivity index (χ4n) is 1.05. The summed E-state index contributed by atoms with van der Waals surface area (Å²) in [7, 11) is 1.94. The van der Waals surface area contributed by atoms with E-state index in [1.54, 1.807) is 0 Å². The predicted octanol–water partition coefficient (Wildman–Crippen LogP) is 0.604. The van der Waals surface area contributed by atoms with Gasteiger partial charge in [0.2, 0.25) is 6.33 Å². The van der Waals surface area contributed by atoms with Crippen LogP contribution in [0.15, 0.2) is 18.7 Å². The van der Waals surface area contributed by atoms with Gasteiger partial charge in [-0.25, -0.2) is 9.13 Å². The third kappa shape index (κ3) is 2.05. The van der Waals surface area contributed by atoms with Gasteiger partial charge in [-0.2, -0.15) is 0 Å². The largest absolute Gasteiger partial charge is 0.355 e. The van der Waals surface area contributed by atoms with Crippen molar-refractivity contribution < 1.29 is 9.67 Å². The first-order chi connectivity index (χ1) is 5.24. The van der Waals surface area contributed by atoms with Crippen molar-refractivity contribution in [2.45, 2.75) is 26.0 Å². The second-order valence-corrected chi connectivity index (χ2v) is 2.80. The van der Waals surface area contributed by atoms with Crippen LogP contribution in [0, 0.1) is 0 Å². The molecule has 0 bridgehead atoms. The smallest absolute Gasteiger partial charge is 0.245 e. The van der Waals surface area contributed by atoms with Crippen LogP contribution >= 0.6 is 0 Å². The minimum atomic E-state index is -0.360. The van der Waals surface area contributed by atoms with Crippen molar-refractivity contribution in [1.29, 1.82) is 0 Å². The van der Waals surface area contributed by atoms with E-state index in [9.17, 15) is 5.11 Å². The first-order valence-corrected chi connectivity index (χ1v) is 3.95. The molecule has 62 valence electrons. The standard InChI is InChI=1S/C8H15N2O/c1-3-4-8(11)10-6-5-9(2)7-10/h5-8,11H,3-4H2,1-2H3/q+1. The summed E-state index contributed by atoms with van der Waals surface area (Å²) in [6.07, 6.45) is 7.12. The van der Waals surface area contributed by atoms with E-state index in [-0.39, 0.29) is 6.23 Å². The molecular formula is C8H15N2O+. The van der Waals surface area contributed by atoms with E-state index < -0.39 is 0 Å². The van der Waals surface area contributed by atoms with Crippen molar-refractivity contribution in [3.63, 3.8) is 0 Å². The third-order valence-electron chi connectivity index (χ3n) is 1.68. The summed E-state index contributed by atoms with van der Waals surface area (Å²) >= 11 is 0. The molecule has 3 nitrogen and oxygen atoms in total. The van der Waals surface area contributed by atoms with Crippen molar-refractivity contribution in [1.82, 2.24) is 4.57 Å². The zero-order valence-corrected chi connectivity index (χ0v) is 7.07. The van der Waals surface area contributed by atoms with E-state index >= 15 is 0 Å². The number of imidazole rings is 1. The highest BCUT2D eigenvalue weighted by molar-refractivity contribution is 4.68. The van der Waals surface area contributed by atoms with Gasteiger partial charge in [-0.1, -0.05) is 6.92 Å². The Morgan fingerprint density at radius 3 is 2.82 bits per heavy atom. The van der Waals surface area contributed by atoms with Crippen LogP contribution in [0.2, 0.25) is 0 Å². The van der Waals surface area contributed by atoms with Crippen LogP contribution in [0.1, 0.15) is 26.0 Å². The van der Waals surface area contributed by atoms with Crippen molar-refractivity contribution in [3.05, 3.63) is 18.7 Å². The summed E-state index contributed by atoms with van der Waals surface area (Å²) in [6, 6.07) is 0. The van der Waals surface area contributed by atoms with Crippen LogP contribution in [-0.2, 0) is 7.05 Å². The van der Waals surface area contributed by atoms with Crippen LogP contribution < -0.4 is 4.57 Å². The molecule has 0 aliphatic heterocycles. The Morgan fingerprint density at radius 2 is 2.36 bits per heavy atom. The number of nitrogens with zero attached hydrogens (tertiary/aromatic N) is 2. The molecule has 1 aromatic heterocycles. The maximum absolute atomic E-state index is 9.48. The molecule has 1 rings (SSSR count). The molecule has 0 aliphatic rings. The molecule has 3 heteroatoms. The SMILES string of the molecule is CCCC(O)n1cc[n+](C)c1. The number of hydrogen-bond acceptors (Lipinski definition) is 1. The molecule has 0 aliphatic carbocycles. The Bertz CT molecular complexity index is 220. The van der Waals surface area contributed by atoms with Crippen LogP contribution in [-0.4, -0.2) is 9.67 Å². The monoisotopic (exact) mass is 155 g/mol. The topological polar surface area (TPSA) is 29.0 Å². The van der Waals surface area contributed by atoms with Gasteiger partial charge in [0.15, 0.2) is 6.23 Å². The average molecular weight is 155 g/mol. The number of aromatic nitrogens is 2. The maximum Gasteiger partial charge on any atom is 0.245 e. The number of aryl methyl sites for hydroxylation is 1. The van der Waals surface area contributed by atoms with Gasteiger partial charge in [-0.3, -0.25) is 0 Å². The highest BCUT2D eigenvalue weighted by atomic mass is 16.3. The van der Waals surface area contributed by atoms with Gasteiger partial charge >= 0.3 is 0 Å². The van der Waals surface area contributed by atoms with Crippen LogP contribution in [0.25, 0.3) is 0 Å². The molecule has 1 N–H and O–H groups in total. The highest BCUT2D eigenvalue weighted by Crippen LogP contribution is 2.07. The summed E-state index contributed by atoms with van der Waals surface area (Å²) in [5, 5.41) is 9.48. The second kappa shape index (κ2) is 3.53. The first-order valence-electron chi connectivity index (χ1n) is 3.95. The molecule has 11 heavy (non-hydrogen) atoms. The molecule has 0 amide bonds. The molecule has 0 aromatic carbocycles. The van der Waals surface area contributed by atoms with E-state index in [1.807, 2.05) is 34.9 Å². The molecule has 0 radical (unpaired) electrons. The van der Waals surface area contributed by atoms with Crippen molar-refractivity contribution in [2.75, 3.05) is 0 Å². The van der Waals surface area contributed by atoms with Crippen molar-refractivity contribution in [2.24, 2.45) is 7.05 Å². The van der Waals surface area contributed by atoms with Gasteiger partial charge in [0.1, 0.15) is 12.4 Å². The molecule has 1 heterocycles. The van der Waals surface area contributed by atoms with Gasteiger partial charge in [-0.05, 0) is 6.42 Å². The summed E-state index contributed by atoms with van der Waals surface area (Å²) in [4.78, 5) is 0.